The second kappa shape index (κ2) is 11.3. The maximum Gasteiger partial charge on any atom is 0.275 e. The molecule has 1 aliphatic rings. The van der Waals surface area contributed by atoms with Crippen molar-refractivity contribution in [2.45, 2.75) is 12.8 Å². The van der Waals surface area contributed by atoms with Crippen LogP contribution in [0.3, 0.4) is 0 Å². The zero-order valence-corrected chi connectivity index (χ0v) is 20.6. The molecule has 188 valence electrons. The quantitative estimate of drug-likeness (QED) is 0.263. The number of hydrogen-bond acceptors (Lipinski definition) is 5. The Kier molecular flexibility index (Phi) is 7.36. The molecule has 0 saturated carbocycles. The third-order valence-electron chi connectivity index (χ3n) is 6.26. The fourth-order valence-corrected chi connectivity index (χ4v) is 4.39. The number of phenolic OH excluding ortho intramolecular Hbond substituents is 1. The summed E-state index contributed by atoms with van der Waals surface area (Å²) in [7, 11) is 0. The fourth-order valence-electron chi connectivity index (χ4n) is 4.39. The molecule has 1 aliphatic heterocycles. The summed E-state index contributed by atoms with van der Waals surface area (Å²) in [4.78, 5) is 26.8. The van der Waals surface area contributed by atoms with Crippen LogP contribution in [0, 0.1) is 5.92 Å². The van der Waals surface area contributed by atoms with Crippen molar-refractivity contribution in [1.82, 2.24) is 5.43 Å². The zero-order valence-electron chi connectivity index (χ0n) is 20.6. The molecule has 1 atom stereocenters. The Hall–Kier alpha value is -5.04. The lowest BCUT2D eigenvalue weighted by Gasteiger charge is -2.17. The number of hydrazone groups is 2. The van der Waals surface area contributed by atoms with Crippen molar-refractivity contribution < 1.29 is 14.7 Å². The van der Waals surface area contributed by atoms with E-state index in [1.54, 1.807) is 12.1 Å². The van der Waals surface area contributed by atoms with Gasteiger partial charge in [-0.05, 0) is 35.4 Å². The first-order valence-corrected chi connectivity index (χ1v) is 12.3. The average molecular weight is 503 g/mol. The molecular weight excluding hydrogens is 476 g/mol. The molecule has 4 aromatic carbocycles. The minimum absolute atomic E-state index is 0.0946. The Morgan fingerprint density at radius 1 is 0.816 bits per heavy atom. The number of phenols is 1. The molecule has 7 heteroatoms. The number of carbonyl (C=O) groups is 2. The molecule has 0 saturated heterocycles. The molecule has 0 bridgehead atoms. The Morgan fingerprint density at radius 2 is 1.39 bits per heavy atom. The fraction of sp³-hybridized carbons (Fsp3) is 0.0968. The largest absolute Gasteiger partial charge is 0.507 e. The van der Waals surface area contributed by atoms with E-state index in [0.29, 0.717) is 30.0 Å². The first-order valence-electron chi connectivity index (χ1n) is 12.3. The SMILES string of the molecule is O=C(N/N=C(\Cc1ccccc1)C1C(=O)N(c2ccccc2)N=C1Cc1ccccc1)c1ccccc1O. The Balaban J connectivity index is 1.53. The Bertz CT molecular complexity index is 1490. The molecule has 2 amide bonds. The highest BCUT2D eigenvalue weighted by Gasteiger charge is 2.40. The highest BCUT2D eigenvalue weighted by Crippen LogP contribution is 2.27. The maximum atomic E-state index is 13.9. The third-order valence-corrected chi connectivity index (χ3v) is 6.26. The number of anilines is 1. The molecule has 7 nitrogen and oxygen atoms in total. The van der Waals surface area contributed by atoms with Crippen LogP contribution in [-0.2, 0) is 17.6 Å². The van der Waals surface area contributed by atoms with Crippen molar-refractivity contribution in [2.24, 2.45) is 16.1 Å². The number of nitrogens with one attached hydrogen (secondary N) is 1. The number of para-hydroxylation sites is 2. The highest BCUT2D eigenvalue weighted by atomic mass is 16.3. The van der Waals surface area contributed by atoms with Crippen LogP contribution in [0.4, 0.5) is 5.69 Å². The molecule has 0 radical (unpaired) electrons. The van der Waals surface area contributed by atoms with Crippen LogP contribution < -0.4 is 10.4 Å². The van der Waals surface area contributed by atoms with Crippen LogP contribution in [-0.4, -0.2) is 28.3 Å². The lowest BCUT2D eigenvalue weighted by atomic mass is 9.89. The highest BCUT2D eigenvalue weighted by molar-refractivity contribution is 6.29. The second-order valence-electron chi connectivity index (χ2n) is 8.90. The molecular formula is C31H26N4O3. The second-order valence-corrected chi connectivity index (χ2v) is 8.90. The lowest BCUT2D eigenvalue weighted by Crippen LogP contribution is -2.36. The number of rotatable bonds is 8. The molecule has 1 unspecified atom stereocenters. The normalized spacial score (nSPS) is 15.3. The number of carbonyl (C=O) groups excluding carboxylic acids is 2. The van der Waals surface area contributed by atoms with Gasteiger partial charge in [0.1, 0.15) is 11.7 Å². The predicted octanol–water partition coefficient (Wildman–Crippen LogP) is 4.98. The first kappa shape index (κ1) is 24.6. The summed E-state index contributed by atoms with van der Waals surface area (Å²) in [5.41, 5.74) is 6.35. The van der Waals surface area contributed by atoms with Crippen molar-refractivity contribution in [3.63, 3.8) is 0 Å². The standard InChI is InChI=1S/C31H26N4O3/c36-28-19-11-10-18-25(28)30(37)33-32-26(20-22-12-4-1-5-13-22)29-27(21-23-14-6-2-7-15-23)34-35(31(29)38)24-16-8-3-9-17-24/h1-19,29,36H,20-21H2,(H,33,37)/b32-26+. The summed E-state index contributed by atoms with van der Waals surface area (Å²) in [6.45, 7) is 0. The van der Waals surface area contributed by atoms with Crippen LogP contribution in [0.25, 0.3) is 0 Å². The van der Waals surface area contributed by atoms with Crippen LogP contribution in [0.1, 0.15) is 21.5 Å². The smallest absolute Gasteiger partial charge is 0.275 e. The van der Waals surface area contributed by atoms with Gasteiger partial charge in [0.2, 0.25) is 0 Å². The summed E-state index contributed by atoms with van der Waals surface area (Å²) in [6.07, 6.45) is 0.774. The summed E-state index contributed by atoms with van der Waals surface area (Å²) in [5, 5.41) is 20.7. The van der Waals surface area contributed by atoms with E-state index >= 15 is 0 Å². The summed E-state index contributed by atoms with van der Waals surface area (Å²) < 4.78 is 0. The summed E-state index contributed by atoms with van der Waals surface area (Å²) in [5.74, 6) is -1.74. The lowest BCUT2D eigenvalue weighted by molar-refractivity contribution is -0.118. The number of nitrogens with zero attached hydrogens (tertiary/aromatic N) is 3. The minimum Gasteiger partial charge on any atom is -0.507 e. The van der Waals surface area contributed by atoms with E-state index in [9.17, 15) is 14.7 Å². The molecule has 4 aromatic rings. The van der Waals surface area contributed by atoms with Crippen LogP contribution >= 0.6 is 0 Å². The van der Waals surface area contributed by atoms with E-state index in [4.69, 9.17) is 5.10 Å². The third kappa shape index (κ3) is 5.52. The minimum atomic E-state index is -0.778. The summed E-state index contributed by atoms with van der Waals surface area (Å²) in [6, 6.07) is 35.0. The average Bonchev–Trinajstić information content (AvgIpc) is 3.28. The molecule has 0 aliphatic carbocycles. The van der Waals surface area contributed by atoms with Crippen molar-refractivity contribution >= 4 is 28.9 Å². The first-order chi connectivity index (χ1) is 18.6. The number of aromatic hydroxyl groups is 1. The molecule has 0 aromatic heterocycles. The topological polar surface area (TPSA) is 94.4 Å². The summed E-state index contributed by atoms with van der Waals surface area (Å²) >= 11 is 0. The Morgan fingerprint density at radius 3 is 2.05 bits per heavy atom. The predicted molar refractivity (Wildman–Crippen MR) is 148 cm³/mol. The van der Waals surface area contributed by atoms with Gasteiger partial charge < -0.3 is 5.11 Å². The molecule has 38 heavy (non-hydrogen) atoms. The number of benzene rings is 4. The van der Waals surface area contributed by atoms with E-state index in [2.05, 4.69) is 10.5 Å². The van der Waals surface area contributed by atoms with E-state index < -0.39 is 11.8 Å². The number of amides is 2. The van der Waals surface area contributed by atoms with Crippen LogP contribution in [0.15, 0.2) is 125 Å². The molecule has 5 rings (SSSR count). The van der Waals surface area contributed by atoms with Crippen molar-refractivity contribution in [2.75, 3.05) is 5.01 Å². The van der Waals surface area contributed by atoms with E-state index in [1.165, 1.54) is 17.1 Å². The van der Waals surface area contributed by atoms with Crippen LogP contribution in [0.2, 0.25) is 0 Å². The van der Waals surface area contributed by atoms with Gasteiger partial charge in [0.15, 0.2) is 0 Å². The van der Waals surface area contributed by atoms with Gasteiger partial charge in [-0.3, -0.25) is 9.59 Å². The van der Waals surface area contributed by atoms with Gasteiger partial charge in [0, 0.05) is 12.8 Å². The van der Waals surface area contributed by atoms with E-state index in [1.807, 2.05) is 91.0 Å². The Labute approximate surface area is 220 Å². The van der Waals surface area contributed by atoms with Crippen molar-refractivity contribution in [1.29, 1.82) is 0 Å². The molecule has 2 N–H and O–H groups in total. The van der Waals surface area contributed by atoms with Gasteiger partial charge >= 0.3 is 0 Å². The van der Waals surface area contributed by atoms with Crippen LogP contribution in [0.5, 0.6) is 5.75 Å². The number of hydrogen-bond donors (Lipinski definition) is 2. The van der Waals surface area contributed by atoms with Crippen molar-refractivity contribution in [3.05, 3.63) is 132 Å². The van der Waals surface area contributed by atoms with Gasteiger partial charge in [-0.1, -0.05) is 91.0 Å². The van der Waals surface area contributed by atoms with E-state index in [0.717, 1.165) is 11.1 Å². The maximum absolute atomic E-state index is 13.9. The van der Waals surface area contributed by atoms with Gasteiger partial charge in [-0.25, -0.2) is 5.43 Å². The van der Waals surface area contributed by atoms with E-state index in [-0.39, 0.29) is 17.2 Å². The monoisotopic (exact) mass is 502 g/mol. The van der Waals surface area contributed by atoms with Gasteiger partial charge in [0.05, 0.1) is 22.7 Å². The zero-order chi connectivity index (χ0) is 26.3. The molecule has 1 heterocycles. The molecule has 0 fully saturated rings. The van der Waals surface area contributed by atoms with Gasteiger partial charge in [-0.15, -0.1) is 0 Å². The van der Waals surface area contributed by atoms with Gasteiger partial charge in [0.25, 0.3) is 11.8 Å². The molecule has 0 spiro atoms. The van der Waals surface area contributed by atoms with Gasteiger partial charge in [-0.2, -0.15) is 15.2 Å². The van der Waals surface area contributed by atoms with Crippen molar-refractivity contribution in [3.8, 4) is 5.75 Å².